The summed E-state index contributed by atoms with van der Waals surface area (Å²) in [5.74, 6) is 2.02. The van der Waals surface area contributed by atoms with E-state index in [4.69, 9.17) is 4.52 Å². The van der Waals surface area contributed by atoms with Crippen LogP contribution in [-0.4, -0.2) is 29.7 Å². The van der Waals surface area contributed by atoms with Crippen molar-refractivity contribution >= 4 is 5.96 Å². The van der Waals surface area contributed by atoms with Crippen LogP contribution in [-0.2, 0) is 6.54 Å². The molecule has 0 spiro atoms. The van der Waals surface area contributed by atoms with Crippen molar-refractivity contribution < 1.29 is 4.52 Å². The Morgan fingerprint density at radius 3 is 2.68 bits per heavy atom. The third kappa shape index (κ3) is 3.45. The van der Waals surface area contributed by atoms with Gasteiger partial charge in [-0.1, -0.05) is 18.5 Å². The van der Waals surface area contributed by atoms with Crippen LogP contribution in [0.25, 0.3) is 0 Å². The van der Waals surface area contributed by atoms with Crippen LogP contribution in [0, 0.1) is 12.3 Å². The molecule has 19 heavy (non-hydrogen) atoms. The van der Waals surface area contributed by atoms with Crippen LogP contribution in [0.4, 0.5) is 0 Å². The van der Waals surface area contributed by atoms with Crippen molar-refractivity contribution in [1.82, 2.24) is 20.8 Å². The molecular formula is C13H23N5O. The van der Waals surface area contributed by atoms with Gasteiger partial charge < -0.3 is 15.2 Å². The smallest absolute Gasteiger partial charge is 0.246 e. The molecule has 0 unspecified atom stereocenters. The van der Waals surface area contributed by atoms with Gasteiger partial charge in [0.05, 0.1) is 6.54 Å². The minimum Gasteiger partial charge on any atom is -0.356 e. The minimum absolute atomic E-state index is 0.471. The first-order chi connectivity index (χ1) is 9.17. The first-order valence-electron chi connectivity index (χ1n) is 6.91. The van der Waals surface area contributed by atoms with Gasteiger partial charge >= 0.3 is 0 Å². The van der Waals surface area contributed by atoms with Crippen LogP contribution < -0.4 is 10.6 Å². The van der Waals surface area contributed by atoms with E-state index < -0.39 is 0 Å². The van der Waals surface area contributed by atoms with Gasteiger partial charge in [-0.15, -0.1) is 0 Å². The molecule has 0 atom stereocenters. The second kappa shape index (κ2) is 6.04. The highest BCUT2D eigenvalue weighted by Gasteiger charge is 2.34. The summed E-state index contributed by atoms with van der Waals surface area (Å²) in [6, 6.07) is 0. The molecule has 6 heteroatoms. The van der Waals surface area contributed by atoms with E-state index in [-0.39, 0.29) is 0 Å². The first kappa shape index (κ1) is 13.8. The van der Waals surface area contributed by atoms with Gasteiger partial charge in [-0.25, -0.2) is 0 Å². The Bertz CT molecular complexity index is 430. The molecule has 0 radical (unpaired) electrons. The molecule has 0 bridgehead atoms. The molecule has 0 amide bonds. The zero-order valence-corrected chi connectivity index (χ0v) is 12.0. The Kier molecular flexibility index (Phi) is 4.39. The fourth-order valence-corrected chi connectivity index (χ4v) is 2.40. The molecule has 2 N–H and O–H groups in total. The number of aliphatic imine (C=N–C) groups is 1. The maximum absolute atomic E-state index is 5.05. The van der Waals surface area contributed by atoms with Crippen LogP contribution in [0.15, 0.2) is 9.52 Å². The maximum Gasteiger partial charge on any atom is 0.246 e. The van der Waals surface area contributed by atoms with Crippen LogP contribution in [0.3, 0.4) is 0 Å². The van der Waals surface area contributed by atoms with Crippen molar-refractivity contribution in [3.63, 3.8) is 0 Å². The Hall–Kier alpha value is -1.59. The number of aryl methyl sites for hydroxylation is 1. The Morgan fingerprint density at radius 2 is 2.21 bits per heavy atom. The summed E-state index contributed by atoms with van der Waals surface area (Å²) < 4.78 is 5.05. The first-order valence-corrected chi connectivity index (χ1v) is 6.91. The number of nitrogens with one attached hydrogen (secondary N) is 2. The van der Waals surface area contributed by atoms with E-state index in [0.29, 0.717) is 23.7 Å². The highest BCUT2D eigenvalue weighted by molar-refractivity contribution is 5.79. The second-order valence-electron chi connectivity index (χ2n) is 5.22. The highest BCUT2D eigenvalue weighted by atomic mass is 16.5. The van der Waals surface area contributed by atoms with Crippen molar-refractivity contribution in [3.05, 3.63) is 11.7 Å². The van der Waals surface area contributed by atoms with E-state index >= 15 is 0 Å². The van der Waals surface area contributed by atoms with E-state index in [1.807, 2.05) is 6.92 Å². The second-order valence-corrected chi connectivity index (χ2v) is 5.22. The van der Waals surface area contributed by atoms with Gasteiger partial charge in [0.2, 0.25) is 5.89 Å². The summed E-state index contributed by atoms with van der Waals surface area (Å²) in [4.78, 5) is 8.36. The third-order valence-corrected chi connectivity index (χ3v) is 4.00. The monoisotopic (exact) mass is 265 g/mol. The molecule has 1 heterocycles. The number of hydrogen-bond donors (Lipinski definition) is 2. The molecular weight excluding hydrogens is 242 g/mol. The number of hydrogen-bond acceptors (Lipinski definition) is 4. The van der Waals surface area contributed by atoms with E-state index in [2.05, 4.69) is 32.7 Å². The summed E-state index contributed by atoms with van der Waals surface area (Å²) in [5.41, 5.74) is 0.471. The Morgan fingerprint density at radius 1 is 1.42 bits per heavy atom. The number of aromatic nitrogens is 2. The molecule has 1 aliphatic rings. The minimum atomic E-state index is 0.471. The average molecular weight is 265 g/mol. The van der Waals surface area contributed by atoms with Gasteiger partial charge in [0.15, 0.2) is 11.8 Å². The molecule has 1 aromatic heterocycles. The summed E-state index contributed by atoms with van der Waals surface area (Å²) in [5, 5.41) is 10.3. The van der Waals surface area contributed by atoms with Crippen LogP contribution in [0.1, 0.15) is 44.3 Å². The molecule has 0 aromatic carbocycles. The zero-order valence-electron chi connectivity index (χ0n) is 12.0. The zero-order chi connectivity index (χ0) is 13.7. The van der Waals surface area contributed by atoms with Crippen LogP contribution in [0.2, 0.25) is 0 Å². The van der Waals surface area contributed by atoms with Crippen LogP contribution in [0.5, 0.6) is 0 Å². The molecule has 1 aliphatic carbocycles. The Labute approximate surface area is 114 Å². The van der Waals surface area contributed by atoms with Crippen molar-refractivity contribution in [2.24, 2.45) is 10.4 Å². The Balaban J connectivity index is 1.77. The van der Waals surface area contributed by atoms with Gasteiger partial charge in [0.1, 0.15) is 0 Å². The summed E-state index contributed by atoms with van der Waals surface area (Å²) in [7, 11) is 1.77. The van der Waals surface area contributed by atoms with Gasteiger partial charge in [-0.2, -0.15) is 4.98 Å². The van der Waals surface area contributed by atoms with Crippen molar-refractivity contribution in [2.45, 2.75) is 46.1 Å². The van der Waals surface area contributed by atoms with Crippen molar-refractivity contribution in [1.29, 1.82) is 0 Å². The average Bonchev–Trinajstić information content (AvgIpc) is 2.78. The quantitative estimate of drug-likeness (QED) is 0.625. The molecule has 0 saturated heterocycles. The van der Waals surface area contributed by atoms with E-state index in [1.165, 1.54) is 25.7 Å². The van der Waals surface area contributed by atoms with E-state index in [9.17, 15) is 0 Å². The molecule has 2 rings (SSSR count). The lowest BCUT2D eigenvalue weighted by molar-refractivity contribution is 0.131. The van der Waals surface area contributed by atoms with Gasteiger partial charge in [0.25, 0.3) is 0 Å². The van der Waals surface area contributed by atoms with Gasteiger partial charge in [-0.05, 0) is 31.6 Å². The fraction of sp³-hybridized carbons (Fsp3) is 0.769. The topological polar surface area (TPSA) is 75.3 Å². The predicted octanol–water partition coefficient (Wildman–Crippen LogP) is 1.62. The fourth-order valence-electron chi connectivity index (χ4n) is 2.40. The highest BCUT2D eigenvalue weighted by Crippen LogP contribution is 2.42. The van der Waals surface area contributed by atoms with Gasteiger partial charge in [0, 0.05) is 13.6 Å². The normalized spacial score (nSPS) is 17.9. The lowest BCUT2D eigenvalue weighted by atomic mass is 9.67. The van der Waals surface area contributed by atoms with Crippen molar-refractivity contribution in [3.8, 4) is 0 Å². The SMILES string of the molecule is CCC1(CNC(=NC)NCc2nc(C)no2)CCC1. The largest absolute Gasteiger partial charge is 0.356 e. The predicted molar refractivity (Wildman–Crippen MR) is 73.8 cm³/mol. The third-order valence-electron chi connectivity index (χ3n) is 4.00. The lowest BCUT2D eigenvalue weighted by Gasteiger charge is -2.41. The molecule has 1 aromatic rings. The summed E-state index contributed by atoms with van der Waals surface area (Å²) in [6.45, 7) is 5.55. The summed E-state index contributed by atoms with van der Waals surface area (Å²) in [6.07, 6.45) is 5.20. The number of guanidine groups is 1. The molecule has 1 fully saturated rings. The standard InChI is InChI=1S/C13H23N5O/c1-4-13(6-5-7-13)9-16-12(14-3)15-8-11-17-10(2)18-19-11/h4-9H2,1-3H3,(H2,14,15,16). The lowest BCUT2D eigenvalue weighted by Crippen LogP contribution is -2.46. The molecule has 106 valence electrons. The number of nitrogens with zero attached hydrogens (tertiary/aromatic N) is 3. The van der Waals surface area contributed by atoms with Gasteiger partial charge in [-0.3, -0.25) is 4.99 Å². The molecule has 1 saturated carbocycles. The number of rotatable bonds is 5. The maximum atomic E-state index is 5.05. The van der Waals surface area contributed by atoms with E-state index in [1.54, 1.807) is 7.05 Å². The summed E-state index contributed by atoms with van der Waals surface area (Å²) >= 11 is 0. The van der Waals surface area contributed by atoms with Crippen LogP contribution >= 0.6 is 0 Å². The van der Waals surface area contributed by atoms with Crippen molar-refractivity contribution in [2.75, 3.05) is 13.6 Å². The van der Waals surface area contributed by atoms with E-state index in [0.717, 1.165) is 12.5 Å². The molecule has 0 aliphatic heterocycles. The molecule has 6 nitrogen and oxygen atoms in total.